The molecule has 1 aliphatic rings. The van der Waals surface area contributed by atoms with E-state index in [1.165, 1.54) is 6.07 Å². The number of fused-ring (bicyclic) bond motifs is 1. The summed E-state index contributed by atoms with van der Waals surface area (Å²) in [4.78, 5) is 6.61. The Hall–Kier alpha value is -1.76. The standard InChI is InChI=1S/C17H25F2N5/c1-3-4-7-24-11(2)15-13(16(18)19)10-14(21-17(15)22-24)23-8-5-12(20)6-9-23/h10,12,16H,3-9,20H2,1-2H3. The summed E-state index contributed by atoms with van der Waals surface area (Å²) in [5, 5.41) is 4.98. The molecule has 24 heavy (non-hydrogen) atoms. The Kier molecular flexibility index (Phi) is 4.99. The summed E-state index contributed by atoms with van der Waals surface area (Å²) in [6.45, 7) is 6.17. The van der Waals surface area contributed by atoms with Crippen molar-refractivity contribution in [2.75, 3.05) is 18.0 Å². The van der Waals surface area contributed by atoms with Crippen LogP contribution in [0.15, 0.2) is 6.07 Å². The van der Waals surface area contributed by atoms with Crippen molar-refractivity contribution < 1.29 is 8.78 Å². The highest BCUT2D eigenvalue weighted by atomic mass is 19.3. The number of aryl methyl sites for hydroxylation is 2. The number of hydrogen-bond donors (Lipinski definition) is 1. The number of nitrogens with zero attached hydrogens (tertiary/aromatic N) is 4. The van der Waals surface area contributed by atoms with Gasteiger partial charge in [-0.1, -0.05) is 13.3 Å². The number of alkyl halides is 2. The summed E-state index contributed by atoms with van der Waals surface area (Å²) >= 11 is 0. The highest BCUT2D eigenvalue weighted by molar-refractivity contribution is 5.84. The van der Waals surface area contributed by atoms with Gasteiger partial charge in [-0.05, 0) is 32.3 Å². The van der Waals surface area contributed by atoms with E-state index in [1.807, 2.05) is 16.5 Å². The fraction of sp³-hybridized carbons (Fsp3) is 0.647. The van der Waals surface area contributed by atoms with Gasteiger partial charge >= 0.3 is 0 Å². The molecule has 0 bridgehead atoms. The molecule has 3 heterocycles. The first kappa shape index (κ1) is 17.1. The minimum Gasteiger partial charge on any atom is -0.356 e. The van der Waals surface area contributed by atoms with Crippen LogP contribution in [0.2, 0.25) is 0 Å². The van der Waals surface area contributed by atoms with Crippen LogP contribution in [0, 0.1) is 6.92 Å². The molecule has 3 rings (SSSR count). The molecule has 1 saturated heterocycles. The maximum Gasteiger partial charge on any atom is 0.264 e. The molecule has 132 valence electrons. The third kappa shape index (κ3) is 3.22. The lowest BCUT2D eigenvalue weighted by molar-refractivity contribution is 0.153. The lowest BCUT2D eigenvalue weighted by atomic mass is 10.1. The Morgan fingerprint density at radius 3 is 2.67 bits per heavy atom. The molecule has 0 spiro atoms. The van der Waals surface area contributed by atoms with Crippen LogP contribution < -0.4 is 10.6 Å². The zero-order valence-corrected chi connectivity index (χ0v) is 14.3. The van der Waals surface area contributed by atoms with Gasteiger partial charge in [0.15, 0.2) is 5.65 Å². The van der Waals surface area contributed by atoms with Gasteiger partial charge < -0.3 is 10.6 Å². The van der Waals surface area contributed by atoms with Crippen molar-refractivity contribution in [3.8, 4) is 0 Å². The second-order valence-electron chi connectivity index (χ2n) is 6.56. The molecule has 0 radical (unpaired) electrons. The van der Waals surface area contributed by atoms with E-state index in [2.05, 4.69) is 17.0 Å². The van der Waals surface area contributed by atoms with Gasteiger partial charge in [-0.25, -0.2) is 13.8 Å². The first-order chi connectivity index (χ1) is 11.5. The molecule has 2 N–H and O–H groups in total. The van der Waals surface area contributed by atoms with Gasteiger partial charge in [0.1, 0.15) is 5.82 Å². The summed E-state index contributed by atoms with van der Waals surface area (Å²) in [5.41, 5.74) is 7.16. The van der Waals surface area contributed by atoms with Crippen LogP contribution in [0.25, 0.3) is 11.0 Å². The van der Waals surface area contributed by atoms with Gasteiger partial charge in [0, 0.05) is 36.9 Å². The number of unbranched alkanes of at least 4 members (excludes halogenated alkanes) is 1. The van der Waals surface area contributed by atoms with Crippen molar-refractivity contribution in [1.29, 1.82) is 0 Å². The quantitative estimate of drug-likeness (QED) is 0.908. The molecule has 2 aromatic heterocycles. The monoisotopic (exact) mass is 337 g/mol. The first-order valence-corrected chi connectivity index (χ1v) is 8.68. The number of nitrogens with two attached hydrogens (primary N) is 1. The van der Waals surface area contributed by atoms with Crippen molar-refractivity contribution in [2.24, 2.45) is 5.73 Å². The molecule has 0 aromatic carbocycles. The van der Waals surface area contributed by atoms with E-state index >= 15 is 0 Å². The highest BCUT2D eigenvalue weighted by Gasteiger charge is 2.24. The van der Waals surface area contributed by atoms with Crippen molar-refractivity contribution in [2.45, 2.75) is 58.5 Å². The number of aromatic nitrogens is 3. The zero-order chi connectivity index (χ0) is 17.3. The molecule has 5 nitrogen and oxygen atoms in total. The Bertz CT molecular complexity index is 705. The minimum atomic E-state index is -2.54. The molecule has 0 saturated carbocycles. The van der Waals surface area contributed by atoms with E-state index in [9.17, 15) is 8.78 Å². The molecule has 1 fully saturated rings. The predicted molar refractivity (Wildman–Crippen MR) is 91.6 cm³/mol. The van der Waals surface area contributed by atoms with Crippen LogP contribution in [-0.2, 0) is 6.54 Å². The predicted octanol–water partition coefficient (Wildman–Crippen LogP) is 3.40. The lowest BCUT2D eigenvalue weighted by Crippen LogP contribution is -2.40. The molecule has 0 amide bonds. The SMILES string of the molecule is CCCCn1nc2nc(N3CCC(N)CC3)cc(C(F)F)c2c1C. The largest absolute Gasteiger partial charge is 0.356 e. The number of piperidine rings is 1. The Labute approximate surface area is 140 Å². The van der Waals surface area contributed by atoms with E-state index in [4.69, 9.17) is 5.73 Å². The van der Waals surface area contributed by atoms with Crippen molar-refractivity contribution in [3.63, 3.8) is 0 Å². The number of anilines is 1. The number of pyridine rings is 1. The Morgan fingerprint density at radius 1 is 1.33 bits per heavy atom. The average Bonchev–Trinajstić information content (AvgIpc) is 2.88. The average molecular weight is 337 g/mol. The van der Waals surface area contributed by atoms with Gasteiger partial charge in [-0.3, -0.25) is 4.68 Å². The number of hydrogen-bond acceptors (Lipinski definition) is 4. The second-order valence-corrected chi connectivity index (χ2v) is 6.56. The fourth-order valence-corrected chi connectivity index (χ4v) is 3.29. The minimum absolute atomic E-state index is 0.0325. The summed E-state index contributed by atoms with van der Waals surface area (Å²) < 4.78 is 29.1. The van der Waals surface area contributed by atoms with E-state index in [0.29, 0.717) is 16.9 Å². The molecule has 1 aliphatic heterocycles. The molecule has 0 unspecified atom stereocenters. The van der Waals surface area contributed by atoms with E-state index in [-0.39, 0.29) is 11.6 Å². The van der Waals surface area contributed by atoms with Gasteiger partial charge in [-0.15, -0.1) is 0 Å². The topological polar surface area (TPSA) is 60.0 Å². The third-order valence-corrected chi connectivity index (χ3v) is 4.80. The Morgan fingerprint density at radius 2 is 2.04 bits per heavy atom. The van der Waals surface area contributed by atoms with Crippen LogP contribution >= 0.6 is 0 Å². The van der Waals surface area contributed by atoms with Gasteiger partial charge in [-0.2, -0.15) is 5.10 Å². The summed E-state index contributed by atoms with van der Waals surface area (Å²) in [5.74, 6) is 0.588. The molecular weight excluding hydrogens is 312 g/mol. The first-order valence-electron chi connectivity index (χ1n) is 8.68. The van der Waals surface area contributed by atoms with Crippen molar-refractivity contribution in [1.82, 2.24) is 14.8 Å². The molecule has 7 heteroatoms. The van der Waals surface area contributed by atoms with E-state index < -0.39 is 6.43 Å². The molecule has 0 aliphatic carbocycles. The van der Waals surface area contributed by atoms with Crippen LogP contribution in [0.1, 0.15) is 50.3 Å². The number of rotatable bonds is 5. The third-order valence-electron chi connectivity index (χ3n) is 4.80. The maximum atomic E-state index is 13.6. The van der Waals surface area contributed by atoms with Crippen LogP contribution in [0.3, 0.4) is 0 Å². The highest BCUT2D eigenvalue weighted by Crippen LogP contribution is 2.33. The fourth-order valence-electron chi connectivity index (χ4n) is 3.29. The maximum absolute atomic E-state index is 13.6. The van der Waals surface area contributed by atoms with E-state index in [0.717, 1.165) is 51.0 Å². The van der Waals surface area contributed by atoms with Crippen LogP contribution in [0.5, 0.6) is 0 Å². The van der Waals surface area contributed by atoms with Gasteiger partial charge in [0.2, 0.25) is 0 Å². The van der Waals surface area contributed by atoms with E-state index in [1.54, 1.807) is 0 Å². The smallest absolute Gasteiger partial charge is 0.264 e. The van der Waals surface area contributed by atoms with Crippen molar-refractivity contribution >= 4 is 16.9 Å². The summed E-state index contributed by atoms with van der Waals surface area (Å²) in [6.07, 6.45) is 1.17. The molecule has 0 atom stereocenters. The molecular formula is C17H25F2N5. The normalized spacial score (nSPS) is 16.5. The van der Waals surface area contributed by atoms with Crippen LogP contribution in [-0.4, -0.2) is 33.9 Å². The lowest BCUT2D eigenvalue weighted by Gasteiger charge is -2.31. The molecule has 2 aromatic rings. The second kappa shape index (κ2) is 7.01. The zero-order valence-electron chi connectivity index (χ0n) is 14.3. The van der Waals surface area contributed by atoms with Crippen LogP contribution in [0.4, 0.5) is 14.6 Å². The Balaban J connectivity index is 2.03. The summed E-state index contributed by atoms with van der Waals surface area (Å²) in [6, 6.07) is 1.72. The number of halogens is 2. The summed E-state index contributed by atoms with van der Waals surface area (Å²) in [7, 11) is 0. The van der Waals surface area contributed by atoms with Gasteiger partial charge in [0.05, 0.1) is 5.39 Å². The van der Waals surface area contributed by atoms with Gasteiger partial charge in [0.25, 0.3) is 6.43 Å². The van der Waals surface area contributed by atoms with Crippen molar-refractivity contribution in [3.05, 3.63) is 17.3 Å².